The van der Waals surface area contributed by atoms with Crippen LogP contribution in [-0.4, -0.2) is 56.6 Å². The first-order valence-electron chi connectivity index (χ1n) is 7.91. The van der Waals surface area contributed by atoms with Crippen LogP contribution in [0.4, 0.5) is 4.39 Å². The molecule has 0 radical (unpaired) electrons. The summed E-state index contributed by atoms with van der Waals surface area (Å²) in [5.41, 5.74) is 1.04. The van der Waals surface area contributed by atoms with E-state index in [4.69, 9.17) is 0 Å². The molecule has 1 saturated heterocycles. The zero-order valence-corrected chi connectivity index (χ0v) is 13.5. The predicted molar refractivity (Wildman–Crippen MR) is 86.0 cm³/mol. The Kier molecular flexibility index (Phi) is 6.15. The summed E-state index contributed by atoms with van der Waals surface area (Å²) in [4.78, 5) is 4.86. The summed E-state index contributed by atoms with van der Waals surface area (Å²) in [6, 6.07) is 7.84. The number of likely N-dealkylation sites (tertiary alicyclic amines) is 1. The molecule has 21 heavy (non-hydrogen) atoms. The van der Waals surface area contributed by atoms with Gasteiger partial charge in [0, 0.05) is 25.2 Å². The van der Waals surface area contributed by atoms with Gasteiger partial charge < -0.3 is 10.2 Å². The first-order valence-corrected chi connectivity index (χ1v) is 7.91. The van der Waals surface area contributed by atoms with Crippen molar-refractivity contribution in [2.24, 2.45) is 0 Å². The van der Waals surface area contributed by atoms with E-state index in [-0.39, 0.29) is 11.9 Å². The molecule has 0 bridgehead atoms. The van der Waals surface area contributed by atoms with Crippen molar-refractivity contribution in [1.29, 1.82) is 0 Å². The average Bonchev–Trinajstić information content (AvgIpc) is 2.86. The van der Waals surface area contributed by atoms with Crippen molar-refractivity contribution in [1.82, 2.24) is 15.1 Å². The number of hydrogen-bond donors (Lipinski definition) is 1. The minimum atomic E-state index is -0.153. The Bertz CT molecular complexity index is 436. The van der Waals surface area contributed by atoms with Gasteiger partial charge >= 0.3 is 0 Å². The van der Waals surface area contributed by atoms with Crippen molar-refractivity contribution >= 4 is 0 Å². The Balaban J connectivity index is 1.90. The third-order valence-electron chi connectivity index (χ3n) is 4.38. The zero-order chi connectivity index (χ0) is 15.2. The molecule has 4 heteroatoms. The van der Waals surface area contributed by atoms with E-state index >= 15 is 0 Å². The van der Waals surface area contributed by atoms with Gasteiger partial charge in [-0.3, -0.25) is 4.90 Å². The highest BCUT2D eigenvalue weighted by Gasteiger charge is 2.25. The number of nitrogens with one attached hydrogen (secondary N) is 1. The molecule has 0 aromatic heterocycles. The van der Waals surface area contributed by atoms with Gasteiger partial charge in [-0.15, -0.1) is 0 Å². The number of likely N-dealkylation sites (N-methyl/N-ethyl adjacent to an activating group) is 1. The molecule has 0 amide bonds. The molecule has 2 unspecified atom stereocenters. The summed E-state index contributed by atoms with van der Waals surface area (Å²) in [5, 5.41) is 3.32. The molecule has 2 rings (SSSR count). The lowest BCUT2D eigenvalue weighted by Gasteiger charge is -2.28. The normalized spacial score (nSPS) is 21.1. The van der Waals surface area contributed by atoms with Crippen LogP contribution in [0.3, 0.4) is 0 Å². The Hall–Kier alpha value is -0.970. The van der Waals surface area contributed by atoms with E-state index in [1.165, 1.54) is 25.5 Å². The van der Waals surface area contributed by atoms with E-state index in [0.717, 1.165) is 25.1 Å². The largest absolute Gasteiger partial charge is 0.313 e. The van der Waals surface area contributed by atoms with Crippen molar-refractivity contribution in [3.05, 3.63) is 35.6 Å². The second-order valence-electron chi connectivity index (χ2n) is 6.28. The monoisotopic (exact) mass is 293 g/mol. The molecule has 3 nitrogen and oxygen atoms in total. The van der Waals surface area contributed by atoms with Crippen LogP contribution < -0.4 is 5.32 Å². The molecular formula is C17H28FN3. The fourth-order valence-electron chi connectivity index (χ4n) is 3.31. The fourth-order valence-corrected chi connectivity index (χ4v) is 3.31. The number of nitrogens with zero attached hydrogens (tertiary/aromatic N) is 2. The van der Waals surface area contributed by atoms with Gasteiger partial charge in [0.05, 0.1) is 0 Å². The molecule has 1 aromatic rings. The Morgan fingerprint density at radius 3 is 2.90 bits per heavy atom. The smallest absolute Gasteiger partial charge is 0.123 e. The number of rotatable bonds is 7. The van der Waals surface area contributed by atoms with Crippen LogP contribution in [0.2, 0.25) is 0 Å². The van der Waals surface area contributed by atoms with Gasteiger partial charge in [-0.05, 0) is 64.6 Å². The highest BCUT2D eigenvalue weighted by atomic mass is 19.1. The first-order chi connectivity index (χ1) is 10.1. The SMILES string of the molecule is CNC(CCN1CCCC1CN(C)C)c1cccc(F)c1. The van der Waals surface area contributed by atoms with E-state index < -0.39 is 0 Å². The third kappa shape index (κ3) is 4.77. The highest BCUT2D eigenvalue weighted by molar-refractivity contribution is 5.20. The molecule has 118 valence electrons. The predicted octanol–water partition coefficient (Wildman–Crippen LogP) is 2.50. The molecular weight excluding hydrogens is 265 g/mol. The van der Waals surface area contributed by atoms with Crippen molar-refractivity contribution in [2.45, 2.75) is 31.3 Å². The van der Waals surface area contributed by atoms with Crippen molar-refractivity contribution < 1.29 is 4.39 Å². The van der Waals surface area contributed by atoms with E-state index in [0.29, 0.717) is 6.04 Å². The number of benzene rings is 1. The van der Waals surface area contributed by atoms with Crippen molar-refractivity contribution in [2.75, 3.05) is 40.8 Å². The van der Waals surface area contributed by atoms with Gasteiger partial charge in [-0.1, -0.05) is 12.1 Å². The van der Waals surface area contributed by atoms with E-state index in [1.54, 1.807) is 12.1 Å². The molecule has 1 aliphatic rings. The maximum absolute atomic E-state index is 13.4. The second-order valence-corrected chi connectivity index (χ2v) is 6.28. The Morgan fingerprint density at radius 1 is 1.43 bits per heavy atom. The van der Waals surface area contributed by atoms with Crippen molar-refractivity contribution in [3.8, 4) is 0 Å². The molecule has 1 N–H and O–H groups in total. The summed E-state index contributed by atoms with van der Waals surface area (Å²) in [5.74, 6) is -0.153. The molecule has 1 aromatic carbocycles. The zero-order valence-electron chi connectivity index (χ0n) is 13.5. The van der Waals surface area contributed by atoms with Crippen LogP contribution in [0.1, 0.15) is 30.9 Å². The molecule has 1 fully saturated rings. The van der Waals surface area contributed by atoms with E-state index in [2.05, 4.69) is 29.2 Å². The van der Waals surface area contributed by atoms with Crippen LogP contribution in [0, 0.1) is 5.82 Å². The molecule has 0 saturated carbocycles. The second kappa shape index (κ2) is 7.87. The summed E-state index contributed by atoms with van der Waals surface area (Å²) >= 11 is 0. The minimum Gasteiger partial charge on any atom is -0.313 e. The molecule has 2 atom stereocenters. The van der Waals surface area contributed by atoms with Crippen LogP contribution in [0.15, 0.2) is 24.3 Å². The Morgan fingerprint density at radius 2 is 2.24 bits per heavy atom. The molecule has 0 aliphatic carbocycles. The van der Waals surface area contributed by atoms with Gasteiger partial charge in [0.15, 0.2) is 0 Å². The fraction of sp³-hybridized carbons (Fsp3) is 0.647. The standard InChI is InChI=1S/C17H28FN3/c1-19-17(14-6-4-7-15(18)12-14)9-11-21-10-5-8-16(21)13-20(2)3/h4,6-7,12,16-17,19H,5,8-11,13H2,1-3H3. The molecule has 1 heterocycles. The lowest BCUT2D eigenvalue weighted by molar-refractivity contribution is 0.200. The number of halogens is 1. The average molecular weight is 293 g/mol. The van der Waals surface area contributed by atoms with Gasteiger partial charge in [-0.25, -0.2) is 4.39 Å². The number of hydrogen-bond acceptors (Lipinski definition) is 3. The molecule has 1 aliphatic heterocycles. The lowest BCUT2D eigenvalue weighted by Crippen LogP contribution is -2.39. The molecule has 0 spiro atoms. The lowest BCUT2D eigenvalue weighted by atomic mass is 10.0. The van der Waals surface area contributed by atoms with Crippen LogP contribution in [-0.2, 0) is 0 Å². The van der Waals surface area contributed by atoms with Gasteiger partial charge in [0.25, 0.3) is 0 Å². The van der Waals surface area contributed by atoms with Crippen LogP contribution >= 0.6 is 0 Å². The van der Waals surface area contributed by atoms with Crippen molar-refractivity contribution in [3.63, 3.8) is 0 Å². The maximum Gasteiger partial charge on any atom is 0.123 e. The summed E-state index contributed by atoms with van der Waals surface area (Å²) in [7, 11) is 6.23. The van der Waals surface area contributed by atoms with Gasteiger partial charge in [0.2, 0.25) is 0 Å². The van der Waals surface area contributed by atoms with Gasteiger partial charge in [0.1, 0.15) is 5.82 Å². The van der Waals surface area contributed by atoms with Crippen LogP contribution in [0.5, 0.6) is 0 Å². The summed E-state index contributed by atoms with van der Waals surface area (Å²) < 4.78 is 13.4. The topological polar surface area (TPSA) is 18.5 Å². The van der Waals surface area contributed by atoms with Gasteiger partial charge in [-0.2, -0.15) is 0 Å². The summed E-state index contributed by atoms with van der Waals surface area (Å²) in [6.45, 7) is 3.39. The first kappa shape index (κ1) is 16.4. The maximum atomic E-state index is 13.4. The third-order valence-corrected chi connectivity index (χ3v) is 4.38. The quantitative estimate of drug-likeness (QED) is 0.833. The minimum absolute atomic E-state index is 0.153. The highest BCUT2D eigenvalue weighted by Crippen LogP contribution is 2.22. The van der Waals surface area contributed by atoms with E-state index in [9.17, 15) is 4.39 Å². The van der Waals surface area contributed by atoms with E-state index in [1.807, 2.05) is 13.1 Å². The Labute approximate surface area is 128 Å². The summed E-state index contributed by atoms with van der Waals surface area (Å²) in [6.07, 6.45) is 3.61. The van der Waals surface area contributed by atoms with Crippen LogP contribution in [0.25, 0.3) is 0 Å².